The third kappa shape index (κ3) is 4.60. The second-order valence-electron chi connectivity index (χ2n) is 3.93. The summed E-state index contributed by atoms with van der Waals surface area (Å²) in [4.78, 5) is 10.4. The molecule has 1 unspecified atom stereocenters. The molecule has 0 aliphatic carbocycles. The van der Waals surface area contributed by atoms with E-state index in [4.69, 9.17) is 16.3 Å². The molecule has 18 heavy (non-hydrogen) atoms. The van der Waals surface area contributed by atoms with E-state index in [-0.39, 0.29) is 11.8 Å². The fourth-order valence-electron chi connectivity index (χ4n) is 1.61. The van der Waals surface area contributed by atoms with Crippen LogP contribution < -0.4 is 5.32 Å². The monoisotopic (exact) mass is 272 g/mol. The maximum atomic E-state index is 10.9. The molecule has 0 fully saturated rings. The van der Waals surface area contributed by atoms with Gasteiger partial charge in [-0.3, -0.25) is 10.1 Å². The molecule has 0 saturated carbocycles. The number of halogens is 1. The third-order valence-electron chi connectivity index (χ3n) is 2.44. The van der Waals surface area contributed by atoms with Crippen molar-refractivity contribution in [3.63, 3.8) is 0 Å². The van der Waals surface area contributed by atoms with Gasteiger partial charge in [0.05, 0.1) is 11.0 Å². The number of nitro benzene ring substituents is 1. The molecule has 1 aromatic rings. The van der Waals surface area contributed by atoms with Crippen LogP contribution in [-0.4, -0.2) is 24.2 Å². The van der Waals surface area contributed by atoms with Crippen LogP contribution in [0.4, 0.5) is 5.69 Å². The van der Waals surface area contributed by atoms with Gasteiger partial charge in [-0.1, -0.05) is 11.6 Å². The molecule has 0 spiro atoms. The minimum Gasteiger partial charge on any atom is -0.377 e. The van der Waals surface area contributed by atoms with Gasteiger partial charge in [-0.25, -0.2) is 0 Å². The van der Waals surface area contributed by atoms with E-state index in [0.717, 1.165) is 0 Å². The molecule has 1 N–H and O–H groups in total. The van der Waals surface area contributed by atoms with Crippen LogP contribution in [0.25, 0.3) is 0 Å². The average molecular weight is 273 g/mol. The van der Waals surface area contributed by atoms with E-state index in [1.807, 2.05) is 13.8 Å². The zero-order valence-corrected chi connectivity index (χ0v) is 11.2. The minimum absolute atomic E-state index is 0.0408. The van der Waals surface area contributed by atoms with Gasteiger partial charge >= 0.3 is 0 Å². The smallest absolute Gasteiger partial charge is 0.275 e. The Hall–Kier alpha value is -1.17. The highest BCUT2D eigenvalue weighted by Gasteiger charge is 2.13. The first-order valence-electron chi connectivity index (χ1n) is 5.79. The Morgan fingerprint density at radius 1 is 1.56 bits per heavy atom. The maximum absolute atomic E-state index is 10.9. The highest BCUT2D eigenvalue weighted by Crippen LogP contribution is 2.22. The Kier molecular flexibility index (Phi) is 6.04. The van der Waals surface area contributed by atoms with Gasteiger partial charge in [-0.05, 0) is 26.0 Å². The van der Waals surface area contributed by atoms with Crippen LogP contribution in [0.15, 0.2) is 18.2 Å². The van der Waals surface area contributed by atoms with E-state index in [1.54, 1.807) is 12.1 Å². The summed E-state index contributed by atoms with van der Waals surface area (Å²) < 4.78 is 5.36. The lowest BCUT2D eigenvalue weighted by Crippen LogP contribution is -2.26. The van der Waals surface area contributed by atoms with Crippen LogP contribution in [0, 0.1) is 10.1 Å². The number of benzene rings is 1. The first-order chi connectivity index (χ1) is 8.54. The van der Waals surface area contributed by atoms with E-state index in [0.29, 0.717) is 30.3 Å². The van der Waals surface area contributed by atoms with Crippen molar-refractivity contribution in [2.24, 2.45) is 0 Å². The molecule has 0 bridgehead atoms. The van der Waals surface area contributed by atoms with Gasteiger partial charge in [0.2, 0.25) is 0 Å². The summed E-state index contributed by atoms with van der Waals surface area (Å²) in [5.74, 6) is 0. The van der Waals surface area contributed by atoms with E-state index in [2.05, 4.69) is 5.32 Å². The molecule has 0 radical (unpaired) electrons. The van der Waals surface area contributed by atoms with Crippen LogP contribution in [0.2, 0.25) is 5.02 Å². The Bertz CT molecular complexity index is 412. The predicted molar refractivity (Wildman–Crippen MR) is 70.9 cm³/mol. The van der Waals surface area contributed by atoms with Crippen molar-refractivity contribution in [3.8, 4) is 0 Å². The Labute approximate surface area is 111 Å². The van der Waals surface area contributed by atoms with Gasteiger partial charge in [0.15, 0.2) is 0 Å². The average Bonchev–Trinajstić information content (AvgIpc) is 2.31. The third-order valence-corrected chi connectivity index (χ3v) is 2.68. The number of hydrogen-bond acceptors (Lipinski definition) is 4. The summed E-state index contributed by atoms with van der Waals surface area (Å²) >= 11 is 5.74. The lowest BCUT2D eigenvalue weighted by molar-refractivity contribution is -0.385. The highest BCUT2D eigenvalue weighted by molar-refractivity contribution is 6.30. The second-order valence-corrected chi connectivity index (χ2v) is 4.36. The highest BCUT2D eigenvalue weighted by atomic mass is 35.5. The molecule has 1 aromatic carbocycles. The molecule has 0 aromatic heterocycles. The van der Waals surface area contributed by atoms with E-state index >= 15 is 0 Å². The molecule has 100 valence electrons. The van der Waals surface area contributed by atoms with Crippen LogP contribution in [0.3, 0.4) is 0 Å². The van der Waals surface area contributed by atoms with Crippen molar-refractivity contribution < 1.29 is 9.66 Å². The molecule has 0 saturated heterocycles. The molecule has 0 heterocycles. The summed E-state index contributed by atoms with van der Waals surface area (Å²) in [5.41, 5.74) is 0.659. The summed E-state index contributed by atoms with van der Waals surface area (Å²) in [7, 11) is 0. The van der Waals surface area contributed by atoms with Gasteiger partial charge in [0.1, 0.15) is 0 Å². The summed E-state index contributed by atoms with van der Waals surface area (Å²) in [6.45, 7) is 5.61. The Morgan fingerprint density at radius 2 is 2.28 bits per heavy atom. The van der Waals surface area contributed by atoms with Gasteiger partial charge in [0, 0.05) is 36.3 Å². The Morgan fingerprint density at radius 3 is 2.89 bits per heavy atom. The topological polar surface area (TPSA) is 64.4 Å². The van der Waals surface area contributed by atoms with E-state index in [9.17, 15) is 10.1 Å². The fraction of sp³-hybridized carbons (Fsp3) is 0.500. The number of nitro groups is 1. The lowest BCUT2D eigenvalue weighted by Gasteiger charge is -2.12. The molecule has 1 atom stereocenters. The molecule has 0 aliphatic heterocycles. The van der Waals surface area contributed by atoms with Crippen LogP contribution in [0.5, 0.6) is 0 Å². The van der Waals surface area contributed by atoms with Crippen molar-refractivity contribution >= 4 is 17.3 Å². The SMILES string of the molecule is CCOC(C)CNCc1ccc(Cl)cc1[N+](=O)[O-]. The predicted octanol–water partition coefficient (Wildman–Crippen LogP) is 2.76. The zero-order chi connectivity index (χ0) is 13.5. The first kappa shape index (κ1) is 14.9. The minimum atomic E-state index is -0.422. The second kappa shape index (κ2) is 7.31. The molecular formula is C12H17ClN2O3. The number of hydrogen-bond donors (Lipinski definition) is 1. The number of nitrogens with zero attached hydrogens (tertiary/aromatic N) is 1. The molecule has 0 aliphatic rings. The van der Waals surface area contributed by atoms with Crippen molar-refractivity contribution in [1.29, 1.82) is 0 Å². The number of rotatable bonds is 7. The number of ether oxygens (including phenoxy) is 1. The zero-order valence-electron chi connectivity index (χ0n) is 10.5. The van der Waals surface area contributed by atoms with E-state index < -0.39 is 4.92 Å². The lowest BCUT2D eigenvalue weighted by atomic mass is 10.2. The number of nitrogens with one attached hydrogen (secondary N) is 1. The standard InChI is InChI=1S/C12H17ClN2O3/c1-3-18-9(2)7-14-8-10-4-5-11(13)6-12(10)15(16)17/h4-6,9,14H,3,7-8H2,1-2H3. The summed E-state index contributed by atoms with van der Waals surface area (Å²) in [5, 5.41) is 14.4. The molecule has 1 rings (SSSR count). The van der Waals surface area contributed by atoms with Gasteiger partial charge in [-0.15, -0.1) is 0 Å². The van der Waals surface area contributed by atoms with Crippen molar-refractivity contribution in [1.82, 2.24) is 5.32 Å². The van der Waals surface area contributed by atoms with Gasteiger partial charge in [0.25, 0.3) is 5.69 Å². The van der Waals surface area contributed by atoms with Gasteiger partial charge < -0.3 is 10.1 Å². The van der Waals surface area contributed by atoms with Crippen LogP contribution >= 0.6 is 11.6 Å². The fourth-order valence-corrected chi connectivity index (χ4v) is 1.78. The van der Waals surface area contributed by atoms with E-state index in [1.165, 1.54) is 6.07 Å². The van der Waals surface area contributed by atoms with Crippen LogP contribution in [0.1, 0.15) is 19.4 Å². The van der Waals surface area contributed by atoms with Gasteiger partial charge in [-0.2, -0.15) is 0 Å². The molecule has 0 amide bonds. The van der Waals surface area contributed by atoms with Crippen molar-refractivity contribution in [2.75, 3.05) is 13.2 Å². The van der Waals surface area contributed by atoms with Crippen LogP contribution in [-0.2, 0) is 11.3 Å². The largest absolute Gasteiger partial charge is 0.377 e. The Balaban J connectivity index is 2.59. The molecular weight excluding hydrogens is 256 g/mol. The van der Waals surface area contributed by atoms with Crippen molar-refractivity contribution in [3.05, 3.63) is 38.9 Å². The summed E-state index contributed by atoms with van der Waals surface area (Å²) in [6, 6.07) is 4.68. The molecule has 5 nitrogen and oxygen atoms in total. The first-order valence-corrected chi connectivity index (χ1v) is 6.17. The summed E-state index contributed by atoms with van der Waals surface area (Å²) in [6.07, 6.45) is 0.0846. The quantitative estimate of drug-likeness (QED) is 0.612. The normalized spacial score (nSPS) is 12.4. The molecule has 6 heteroatoms. The van der Waals surface area contributed by atoms with Crippen molar-refractivity contribution in [2.45, 2.75) is 26.5 Å². The maximum Gasteiger partial charge on any atom is 0.275 e.